The predicted octanol–water partition coefficient (Wildman–Crippen LogP) is 3.46. The Morgan fingerprint density at radius 2 is 1.38 bits per heavy atom. The summed E-state index contributed by atoms with van der Waals surface area (Å²) in [4.78, 5) is 0.245. The van der Waals surface area contributed by atoms with Gasteiger partial charge in [-0.3, -0.25) is 4.21 Å². The molecule has 0 saturated carbocycles. The van der Waals surface area contributed by atoms with Gasteiger partial charge in [-0.1, -0.05) is 48.5 Å². The molecule has 0 aliphatic heterocycles. The summed E-state index contributed by atoms with van der Waals surface area (Å²) >= 11 is 0. The third kappa shape index (κ3) is 3.71. The van der Waals surface area contributed by atoms with Crippen LogP contribution in [0.5, 0.6) is 0 Å². The molecule has 0 radical (unpaired) electrons. The van der Waals surface area contributed by atoms with Crippen molar-refractivity contribution in [3.8, 4) is 0 Å². The van der Waals surface area contributed by atoms with E-state index in [1.54, 1.807) is 36.4 Å². The van der Waals surface area contributed by atoms with Crippen LogP contribution in [-0.4, -0.2) is 21.6 Å². The molecule has 0 heterocycles. The predicted molar refractivity (Wildman–Crippen MR) is 74.1 cm³/mol. The van der Waals surface area contributed by atoms with Crippen molar-refractivity contribution < 1.29 is 22.5 Å². The minimum Gasteiger partial charge on any atom is -0.382 e. The van der Waals surface area contributed by atoms with E-state index in [-0.39, 0.29) is 10.5 Å². The molecule has 0 saturated heterocycles. The first-order valence-corrected chi connectivity index (χ1v) is 7.38. The first-order chi connectivity index (χ1) is 9.91. The Bertz CT molecular complexity index is 599. The average molecular weight is 314 g/mol. The molecule has 6 heteroatoms. The zero-order valence-electron chi connectivity index (χ0n) is 10.8. The van der Waals surface area contributed by atoms with E-state index in [4.69, 9.17) is 0 Å². The van der Waals surface area contributed by atoms with Crippen molar-refractivity contribution in [1.82, 2.24) is 0 Å². The second-order valence-electron chi connectivity index (χ2n) is 4.43. The zero-order chi connectivity index (χ0) is 15.5. The van der Waals surface area contributed by atoms with Gasteiger partial charge in [0.25, 0.3) is 0 Å². The number of benzene rings is 2. The first kappa shape index (κ1) is 15.7. The van der Waals surface area contributed by atoms with Crippen molar-refractivity contribution in [3.05, 3.63) is 66.2 Å². The smallest absolute Gasteiger partial charge is 0.382 e. The number of hydrogen-bond acceptors (Lipinski definition) is 2. The van der Waals surface area contributed by atoms with Gasteiger partial charge >= 0.3 is 6.18 Å². The molecule has 0 aromatic heterocycles. The Kier molecular flexibility index (Phi) is 4.80. The Balaban J connectivity index is 2.44. The molecule has 112 valence electrons. The molecule has 0 bridgehead atoms. The zero-order valence-corrected chi connectivity index (χ0v) is 11.6. The van der Waals surface area contributed by atoms with Gasteiger partial charge in [-0.15, -0.1) is 0 Å². The summed E-state index contributed by atoms with van der Waals surface area (Å²) in [6, 6.07) is 15.4. The lowest BCUT2D eigenvalue weighted by Crippen LogP contribution is -2.36. The summed E-state index contributed by atoms with van der Waals surface area (Å²) in [5.41, 5.74) is 0.185. The van der Waals surface area contributed by atoms with Gasteiger partial charge in [0.1, 0.15) is 0 Å². The number of hydrogen-bond donors (Lipinski definition) is 1. The van der Waals surface area contributed by atoms with Gasteiger partial charge in [0.05, 0.1) is 16.0 Å². The number of aliphatic hydroxyl groups excluding tert-OH is 1. The summed E-state index contributed by atoms with van der Waals surface area (Å²) in [7, 11) is -2.02. The maximum absolute atomic E-state index is 12.9. The summed E-state index contributed by atoms with van der Waals surface area (Å²) in [6.07, 6.45) is -7.54. The molecular weight excluding hydrogens is 301 g/mol. The lowest BCUT2D eigenvalue weighted by atomic mass is 10.1. The minimum absolute atomic E-state index is 0.185. The van der Waals surface area contributed by atoms with Gasteiger partial charge in [-0.05, 0) is 17.7 Å². The van der Waals surface area contributed by atoms with Crippen molar-refractivity contribution in [1.29, 1.82) is 0 Å². The van der Waals surface area contributed by atoms with E-state index in [1.807, 2.05) is 0 Å². The molecule has 0 aliphatic rings. The fraction of sp³-hybridized carbons (Fsp3) is 0.200. The van der Waals surface area contributed by atoms with Crippen LogP contribution < -0.4 is 0 Å². The van der Waals surface area contributed by atoms with Crippen molar-refractivity contribution in [3.63, 3.8) is 0 Å². The van der Waals surface area contributed by atoms with Gasteiger partial charge in [0.2, 0.25) is 0 Å². The molecule has 0 amide bonds. The third-order valence-corrected chi connectivity index (χ3v) is 4.68. The minimum atomic E-state index is -4.84. The second kappa shape index (κ2) is 6.41. The monoisotopic (exact) mass is 314 g/mol. The van der Waals surface area contributed by atoms with Crippen molar-refractivity contribution >= 4 is 10.8 Å². The fourth-order valence-electron chi connectivity index (χ4n) is 1.94. The van der Waals surface area contributed by atoms with Crippen molar-refractivity contribution in [2.24, 2.45) is 0 Å². The average Bonchev–Trinajstić information content (AvgIpc) is 2.48. The molecule has 1 N–H and O–H groups in total. The van der Waals surface area contributed by atoms with Crippen LogP contribution in [0, 0.1) is 0 Å². The molecule has 0 fully saturated rings. The van der Waals surface area contributed by atoms with Crippen LogP contribution in [0.15, 0.2) is 65.6 Å². The number of aliphatic hydroxyl groups is 1. The Labute approximate surface area is 122 Å². The maximum atomic E-state index is 12.9. The van der Waals surface area contributed by atoms with Crippen molar-refractivity contribution in [2.75, 3.05) is 0 Å². The van der Waals surface area contributed by atoms with Crippen LogP contribution in [0.25, 0.3) is 0 Å². The molecule has 2 aromatic carbocycles. The molecule has 0 spiro atoms. The van der Waals surface area contributed by atoms with Gasteiger partial charge in [-0.25, -0.2) is 0 Å². The standard InChI is InChI=1S/C15H13F3O2S/c16-15(17,18)14(19)13(11-7-3-1-4-8-11)21(20)12-9-5-2-6-10-12/h1-10,13-14,19H. The highest BCUT2D eigenvalue weighted by atomic mass is 32.2. The summed E-state index contributed by atoms with van der Waals surface area (Å²) in [5, 5.41) is 8.05. The number of rotatable bonds is 4. The molecule has 2 nitrogen and oxygen atoms in total. The van der Waals surface area contributed by atoms with Gasteiger partial charge in [0.15, 0.2) is 6.10 Å². The van der Waals surface area contributed by atoms with E-state index in [9.17, 15) is 22.5 Å². The fourth-order valence-corrected chi connectivity index (χ4v) is 3.45. The second-order valence-corrected chi connectivity index (χ2v) is 6.00. The Morgan fingerprint density at radius 3 is 1.86 bits per heavy atom. The van der Waals surface area contributed by atoms with Crippen LogP contribution in [0.4, 0.5) is 13.2 Å². The highest BCUT2D eigenvalue weighted by Crippen LogP contribution is 2.36. The van der Waals surface area contributed by atoms with E-state index < -0.39 is 28.3 Å². The van der Waals surface area contributed by atoms with Crippen LogP contribution in [0.2, 0.25) is 0 Å². The Hall–Kier alpha value is -1.66. The normalized spacial score (nSPS) is 16.2. The summed E-state index contributed by atoms with van der Waals surface area (Å²) < 4.78 is 51.1. The van der Waals surface area contributed by atoms with Gasteiger partial charge in [0, 0.05) is 4.90 Å². The van der Waals surface area contributed by atoms with Crippen LogP contribution in [-0.2, 0) is 10.8 Å². The third-order valence-electron chi connectivity index (χ3n) is 2.96. The van der Waals surface area contributed by atoms with Crippen LogP contribution >= 0.6 is 0 Å². The van der Waals surface area contributed by atoms with Gasteiger partial charge in [-0.2, -0.15) is 13.2 Å². The Morgan fingerprint density at radius 1 is 0.905 bits per heavy atom. The van der Waals surface area contributed by atoms with Crippen molar-refractivity contribution in [2.45, 2.75) is 22.4 Å². The highest BCUT2D eigenvalue weighted by molar-refractivity contribution is 7.85. The van der Waals surface area contributed by atoms with Crippen LogP contribution in [0.1, 0.15) is 10.8 Å². The lowest BCUT2D eigenvalue weighted by molar-refractivity contribution is -0.204. The molecule has 21 heavy (non-hydrogen) atoms. The quantitative estimate of drug-likeness (QED) is 0.938. The molecule has 3 atom stereocenters. The largest absolute Gasteiger partial charge is 0.415 e. The molecular formula is C15H13F3O2S. The topological polar surface area (TPSA) is 37.3 Å². The van der Waals surface area contributed by atoms with E-state index in [2.05, 4.69) is 0 Å². The molecule has 3 unspecified atom stereocenters. The lowest BCUT2D eigenvalue weighted by Gasteiger charge is -2.24. The highest BCUT2D eigenvalue weighted by Gasteiger charge is 2.46. The summed E-state index contributed by atoms with van der Waals surface area (Å²) in [6.45, 7) is 0. The van der Waals surface area contributed by atoms with Crippen LogP contribution in [0.3, 0.4) is 0 Å². The maximum Gasteiger partial charge on any atom is 0.415 e. The SMILES string of the molecule is O=S(c1ccccc1)C(c1ccccc1)C(O)C(F)(F)F. The first-order valence-electron chi connectivity index (χ1n) is 6.16. The molecule has 0 aliphatic carbocycles. The number of alkyl halides is 3. The van der Waals surface area contributed by atoms with E-state index in [0.29, 0.717) is 0 Å². The van der Waals surface area contributed by atoms with E-state index >= 15 is 0 Å². The molecule has 2 rings (SSSR count). The van der Waals surface area contributed by atoms with E-state index in [0.717, 1.165) is 0 Å². The van der Waals surface area contributed by atoms with Gasteiger partial charge < -0.3 is 5.11 Å². The molecule has 2 aromatic rings. The van der Waals surface area contributed by atoms with E-state index in [1.165, 1.54) is 24.3 Å². The summed E-state index contributed by atoms with van der Waals surface area (Å²) in [5.74, 6) is 0. The number of halogens is 3.